The Bertz CT molecular complexity index is 554. The van der Waals surface area contributed by atoms with Crippen molar-refractivity contribution < 1.29 is 18.3 Å². The molecule has 106 valence electrons. The van der Waals surface area contributed by atoms with Gasteiger partial charge in [-0.25, -0.2) is 8.42 Å². The molecule has 2 atom stereocenters. The molecule has 2 unspecified atom stereocenters. The standard InChI is InChI=1S/C12H17NO4S2/c14-8-11-12(4-7-18-11)19(15,16)13-5-6-17-10-3-1-2-9(10)13/h4,7,9-10,14H,1-3,5-6,8H2. The first-order chi connectivity index (χ1) is 9.14. The normalized spacial score (nSPS) is 28.5. The highest BCUT2D eigenvalue weighted by Gasteiger charge is 2.42. The third-order valence-corrected chi connectivity index (χ3v) is 6.91. The Kier molecular flexibility index (Phi) is 3.65. The van der Waals surface area contributed by atoms with Gasteiger partial charge in [-0.15, -0.1) is 11.3 Å². The smallest absolute Gasteiger partial charge is 0.244 e. The molecule has 0 radical (unpaired) electrons. The van der Waals surface area contributed by atoms with Crippen LogP contribution in [0, 0.1) is 0 Å². The van der Waals surface area contributed by atoms with Crippen LogP contribution in [0.4, 0.5) is 0 Å². The van der Waals surface area contributed by atoms with Crippen LogP contribution in [0.3, 0.4) is 0 Å². The lowest BCUT2D eigenvalue weighted by Crippen LogP contribution is -2.51. The molecule has 2 aliphatic rings. The highest BCUT2D eigenvalue weighted by Crippen LogP contribution is 2.35. The van der Waals surface area contributed by atoms with Gasteiger partial charge in [0, 0.05) is 11.4 Å². The van der Waals surface area contributed by atoms with Gasteiger partial charge in [0.15, 0.2) is 0 Å². The molecule has 0 amide bonds. The van der Waals surface area contributed by atoms with Crippen LogP contribution < -0.4 is 0 Å². The monoisotopic (exact) mass is 303 g/mol. The molecule has 19 heavy (non-hydrogen) atoms. The van der Waals surface area contributed by atoms with Crippen LogP contribution in [0.2, 0.25) is 0 Å². The molecule has 2 heterocycles. The first kappa shape index (κ1) is 13.5. The highest BCUT2D eigenvalue weighted by molar-refractivity contribution is 7.89. The molecule has 1 aromatic rings. The summed E-state index contributed by atoms with van der Waals surface area (Å²) in [6.07, 6.45) is 2.85. The van der Waals surface area contributed by atoms with Crippen molar-refractivity contribution in [1.29, 1.82) is 0 Å². The Morgan fingerprint density at radius 3 is 3.11 bits per heavy atom. The van der Waals surface area contributed by atoms with Gasteiger partial charge < -0.3 is 9.84 Å². The molecule has 3 rings (SSSR count). The molecular formula is C12H17NO4S2. The average Bonchev–Trinajstić information content (AvgIpc) is 3.06. The topological polar surface area (TPSA) is 66.8 Å². The number of fused-ring (bicyclic) bond motifs is 1. The number of morpholine rings is 1. The summed E-state index contributed by atoms with van der Waals surface area (Å²) in [5.41, 5.74) is 0. The summed E-state index contributed by atoms with van der Waals surface area (Å²) in [5, 5.41) is 11.0. The molecule has 1 saturated heterocycles. The van der Waals surface area contributed by atoms with Crippen LogP contribution in [0.1, 0.15) is 24.1 Å². The van der Waals surface area contributed by atoms with Crippen molar-refractivity contribution in [2.24, 2.45) is 0 Å². The molecule has 1 aliphatic heterocycles. The summed E-state index contributed by atoms with van der Waals surface area (Å²) >= 11 is 1.28. The van der Waals surface area contributed by atoms with Crippen molar-refractivity contribution in [3.63, 3.8) is 0 Å². The van der Waals surface area contributed by atoms with Gasteiger partial charge in [-0.05, 0) is 30.7 Å². The van der Waals surface area contributed by atoms with Gasteiger partial charge in [0.2, 0.25) is 10.0 Å². The van der Waals surface area contributed by atoms with Gasteiger partial charge in [-0.3, -0.25) is 0 Å². The zero-order valence-electron chi connectivity index (χ0n) is 10.5. The molecule has 1 aromatic heterocycles. The summed E-state index contributed by atoms with van der Waals surface area (Å²) in [5.74, 6) is 0. The number of rotatable bonds is 3. The Morgan fingerprint density at radius 1 is 1.47 bits per heavy atom. The van der Waals surface area contributed by atoms with E-state index < -0.39 is 10.0 Å². The number of aliphatic hydroxyl groups excluding tert-OH is 1. The molecule has 1 N–H and O–H groups in total. The number of thiophene rings is 1. The number of hydrogen-bond donors (Lipinski definition) is 1. The van der Waals surface area contributed by atoms with E-state index in [4.69, 9.17) is 4.74 Å². The van der Waals surface area contributed by atoms with Crippen LogP contribution in [-0.4, -0.2) is 43.1 Å². The van der Waals surface area contributed by atoms with E-state index in [9.17, 15) is 13.5 Å². The minimum atomic E-state index is -3.51. The van der Waals surface area contributed by atoms with Gasteiger partial charge in [0.1, 0.15) is 0 Å². The minimum absolute atomic E-state index is 0.0369. The third-order valence-electron chi connectivity index (χ3n) is 3.87. The first-order valence-corrected chi connectivity index (χ1v) is 8.77. The summed E-state index contributed by atoms with van der Waals surface area (Å²) in [4.78, 5) is 0.772. The maximum Gasteiger partial charge on any atom is 0.244 e. The highest BCUT2D eigenvalue weighted by atomic mass is 32.2. The molecule has 1 aliphatic carbocycles. The van der Waals surface area contributed by atoms with E-state index in [1.807, 2.05) is 0 Å². The van der Waals surface area contributed by atoms with Crippen molar-refractivity contribution in [1.82, 2.24) is 4.31 Å². The van der Waals surface area contributed by atoms with Crippen LogP contribution >= 0.6 is 11.3 Å². The number of sulfonamides is 1. The lowest BCUT2D eigenvalue weighted by Gasteiger charge is -2.36. The summed E-state index contributed by atoms with van der Waals surface area (Å²) in [6.45, 7) is 0.633. The van der Waals surface area contributed by atoms with Crippen molar-refractivity contribution in [3.05, 3.63) is 16.3 Å². The number of ether oxygens (including phenoxy) is 1. The molecule has 5 nitrogen and oxygen atoms in total. The van der Waals surface area contributed by atoms with Gasteiger partial charge >= 0.3 is 0 Å². The third kappa shape index (κ3) is 2.23. The molecule has 7 heteroatoms. The zero-order valence-corrected chi connectivity index (χ0v) is 12.1. The minimum Gasteiger partial charge on any atom is -0.391 e. The molecule has 0 aromatic carbocycles. The van der Waals surface area contributed by atoms with Crippen LogP contribution in [0.15, 0.2) is 16.3 Å². The van der Waals surface area contributed by atoms with E-state index in [2.05, 4.69) is 0 Å². The fraction of sp³-hybridized carbons (Fsp3) is 0.667. The lowest BCUT2D eigenvalue weighted by atomic mass is 10.2. The van der Waals surface area contributed by atoms with Gasteiger partial charge in [0.25, 0.3) is 0 Å². The molecule has 2 fully saturated rings. The van der Waals surface area contributed by atoms with E-state index >= 15 is 0 Å². The second-order valence-corrected chi connectivity index (χ2v) is 7.75. The molecule has 1 saturated carbocycles. The summed E-state index contributed by atoms with van der Waals surface area (Å²) in [7, 11) is -3.51. The van der Waals surface area contributed by atoms with E-state index in [-0.39, 0.29) is 23.6 Å². The van der Waals surface area contributed by atoms with Gasteiger partial charge in [-0.1, -0.05) is 0 Å². The van der Waals surface area contributed by atoms with Crippen molar-refractivity contribution >= 4 is 21.4 Å². The van der Waals surface area contributed by atoms with Crippen LogP contribution in [-0.2, 0) is 21.4 Å². The maximum absolute atomic E-state index is 12.7. The summed E-state index contributed by atoms with van der Waals surface area (Å²) < 4.78 is 32.7. The molecule has 0 bridgehead atoms. The van der Waals surface area contributed by atoms with E-state index in [1.54, 1.807) is 15.8 Å². The Hall–Kier alpha value is -0.470. The number of hydrogen-bond acceptors (Lipinski definition) is 5. The molecule has 0 spiro atoms. The predicted octanol–water partition coefficient (Wildman–Crippen LogP) is 1.18. The van der Waals surface area contributed by atoms with Crippen molar-refractivity contribution in [2.45, 2.75) is 42.9 Å². The van der Waals surface area contributed by atoms with E-state index in [1.165, 1.54) is 11.3 Å². The Morgan fingerprint density at radius 2 is 2.32 bits per heavy atom. The van der Waals surface area contributed by atoms with Gasteiger partial charge in [0.05, 0.1) is 30.3 Å². The largest absolute Gasteiger partial charge is 0.391 e. The first-order valence-electron chi connectivity index (χ1n) is 6.45. The lowest BCUT2D eigenvalue weighted by molar-refractivity contribution is -0.0242. The fourth-order valence-electron chi connectivity index (χ4n) is 2.99. The second kappa shape index (κ2) is 5.14. The van der Waals surface area contributed by atoms with Gasteiger partial charge in [-0.2, -0.15) is 4.31 Å². The van der Waals surface area contributed by atoms with E-state index in [0.29, 0.717) is 18.0 Å². The SMILES string of the molecule is O=S(=O)(c1ccsc1CO)N1CCOC2CCCC21. The van der Waals surface area contributed by atoms with E-state index in [0.717, 1.165) is 19.3 Å². The Labute approximate surface area is 116 Å². The predicted molar refractivity (Wildman–Crippen MR) is 71.5 cm³/mol. The fourth-order valence-corrected chi connectivity index (χ4v) is 5.92. The average molecular weight is 303 g/mol. The Balaban J connectivity index is 1.95. The van der Waals surface area contributed by atoms with Crippen LogP contribution in [0.5, 0.6) is 0 Å². The number of nitrogens with zero attached hydrogens (tertiary/aromatic N) is 1. The maximum atomic E-state index is 12.7. The summed E-state index contributed by atoms with van der Waals surface area (Å²) in [6, 6.07) is 1.55. The number of aliphatic hydroxyl groups is 1. The molecular weight excluding hydrogens is 286 g/mol. The second-order valence-electron chi connectivity index (χ2n) is 4.89. The zero-order chi connectivity index (χ0) is 13.5. The van der Waals surface area contributed by atoms with Crippen molar-refractivity contribution in [3.8, 4) is 0 Å². The quantitative estimate of drug-likeness (QED) is 0.910. The van der Waals surface area contributed by atoms with Crippen molar-refractivity contribution in [2.75, 3.05) is 13.2 Å². The van der Waals surface area contributed by atoms with Crippen LogP contribution in [0.25, 0.3) is 0 Å².